The van der Waals surface area contributed by atoms with Crippen molar-refractivity contribution in [2.45, 2.75) is 83.0 Å². The van der Waals surface area contributed by atoms with E-state index in [-0.39, 0.29) is 38.1 Å². The Morgan fingerprint density at radius 3 is 2.13 bits per heavy atom. The zero-order chi connectivity index (χ0) is 38.2. The van der Waals surface area contributed by atoms with E-state index in [1.165, 1.54) is 10.8 Å². The van der Waals surface area contributed by atoms with Gasteiger partial charge in [-0.15, -0.1) is 0 Å². The highest BCUT2D eigenvalue weighted by Crippen LogP contribution is 2.52. The van der Waals surface area contributed by atoms with Gasteiger partial charge in [0, 0.05) is 36.8 Å². The van der Waals surface area contributed by atoms with Gasteiger partial charge in [-0.2, -0.15) is 5.26 Å². The molecule has 53 heavy (non-hydrogen) atoms. The van der Waals surface area contributed by atoms with E-state index < -0.39 is 49.9 Å². The van der Waals surface area contributed by atoms with Gasteiger partial charge in [-0.05, 0) is 63.4 Å². The molecule has 1 aromatic heterocycles. The number of aryl methyl sites for hydroxylation is 1. The van der Waals surface area contributed by atoms with Crippen LogP contribution < -0.4 is 21.3 Å². The van der Waals surface area contributed by atoms with Gasteiger partial charge >= 0.3 is 5.69 Å². The average Bonchev–Trinajstić information content (AvgIpc) is 3.52. The first-order chi connectivity index (χ1) is 25.5. The average molecular weight is 744 g/mol. The van der Waals surface area contributed by atoms with E-state index in [4.69, 9.17) is 18.5 Å². The number of nitriles is 1. The molecule has 282 valence electrons. The zero-order valence-electron chi connectivity index (χ0n) is 31.2. The Morgan fingerprint density at radius 2 is 1.60 bits per heavy atom. The van der Waals surface area contributed by atoms with E-state index in [9.17, 15) is 20.0 Å². The standard InChI is InChI=1S/C40H50N5O7P/c1-28(2)45(29(3)4)53(50-23-13-22-41)52-35-24-36(44-25-30(5)37(47)43-38(44)48)51-39(35,27-46)26-42-40(31-14-9-7-10-15-31,32-16-11-8-12-17-32)33-18-20-34(49-6)21-19-33/h7-12,14-21,25,28-29,35-36,42,46H,13,23-24,26-27H2,1-6H3,(H,43,47,48)/t35?,36-,39?,53?/m1/s1. The fraction of sp³-hybridized carbons (Fsp3) is 0.425. The third kappa shape index (κ3) is 8.64. The van der Waals surface area contributed by atoms with Crippen molar-refractivity contribution in [1.82, 2.24) is 19.5 Å². The largest absolute Gasteiger partial charge is 0.497 e. The number of methoxy groups -OCH3 is 1. The lowest BCUT2D eigenvalue weighted by Gasteiger charge is -2.43. The summed E-state index contributed by atoms with van der Waals surface area (Å²) >= 11 is 0. The first kappa shape index (κ1) is 40.0. The molecular weight excluding hydrogens is 693 g/mol. The van der Waals surface area contributed by atoms with Crippen molar-refractivity contribution in [3.8, 4) is 11.8 Å². The van der Waals surface area contributed by atoms with Crippen LogP contribution in [0.5, 0.6) is 5.75 Å². The zero-order valence-corrected chi connectivity index (χ0v) is 32.1. The predicted octanol–water partition coefficient (Wildman–Crippen LogP) is 5.75. The minimum atomic E-state index is -1.77. The predicted molar refractivity (Wildman–Crippen MR) is 204 cm³/mol. The van der Waals surface area contributed by atoms with Crippen LogP contribution in [0.3, 0.4) is 0 Å². The lowest BCUT2D eigenvalue weighted by Crippen LogP contribution is -2.57. The van der Waals surface area contributed by atoms with Crippen molar-refractivity contribution in [2.75, 3.05) is 26.9 Å². The number of nitrogens with one attached hydrogen (secondary N) is 2. The van der Waals surface area contributed by atoms with E-state index in [1.54, 1.807) is 14.0 Å². The van der Waals surface area contributed by atoms with Crippen molar-refractivity contribution < 1.29 is 23.6 Å². The maximum absolute atomic E-state index is 13.2. The van der Waals surface area contributed by atoms with Crippen LogP contribution in [-0.2, 0) is 19.3 Å². The Hall–Kier alpha value is -4.18. The number of aromatic amines is 1. The van der Waals surface area contributed by atoms with Gasteiger partial charge in [0.15, 0.2) is 0 Å². The summed E-state index contributed by atoms with van der Waals surface area (Å²) in [6.45, 7) is 9.54. The Balaban J connectivity index is 1.66. The normalized spacial score (nSPS) is 19.5. The van der Waals surface area contributed by atoms with Gasteiger partial charge in [0.1, 0.15) is 23.7 Å². The second-order valence-electron chi connectivity index (χ2n) is 13.7. The Labute approximate surface area is 312 Å². The highest BCUT2D eigenvalue weighted by molar-refractivity contribution is 7.44. The highest BCUT2D eigenvalue weighted by atomic mass is 31.2. The molecule has 3 aromatic carbocycles. The second-order valence-corrected chi connectivity index (χ2v) is 15.1. The van der Waals surface area contributed by atoms with Gasteiger partial charge in [-0.25, -0.2) is 9.46 Å². The van der Waals surface area contributed by atoms with E-state index in [2.05, 4.69) is 45.3 Å². The Kier molecular flexibility index (Phi) is 13.4. The molecule has 4 aromatic rings. The number of H-pyrrole nitrogens is 1. The van der Waals surface area contributed by atoms with Crippen LogP contribution in [-0.4, -0.2) is 70.0 Å². The first-order valence-corrected chi connectivity index (χ1v) is 19.0. The van der Waals surface area contributed by atoms with E-state index in [0.29, 0.717) is 11.3 Å². The summed E-state index contributed by atoms with van der Waals surface area (Å²) in [5, 5.41) is 24.7. The number of ether oxygens (including phenoxy) is 2. The molecule has 3 N–H and O–H groups in total. The van der Waals surface area contributed by atoms with Gasteiger partial charge in [-0.3, -0.25) is 19.7 Å². The monoisotopic (exact) mass is 743 g/mol. The number of rotatable bonds is 17. The third-order valence-corrected chi connectivity index (χ3v) is 11.7. The van der Waals surface area contributed by atoms with Gasteiger partial charge in [0.05, 0.1) is 38.4 Å². The van der Waals surface area contributed by atoms with Crippen LogP contribution in [0.25, 0.3) is 0 Å². The molecule has 4 atom stereocenters. The molecule has 0 spiro atoms. The molecule has 1 saturated heterocycles. The van der Waals surface area contributed by atoms with Gasteiger partial charge in [0.2, 0.25) is 0 Å². The Bertz CT molecular complexity index is 1880. The summed E-state index contributed by atoms with van der Waals surface area (Å²) < 4.78 is 29.0. The van der Waals surface area contributed by atoms with Crippen LogP contribution in [0.2, 0.25) is 0 Å². The number of hydrogen-bond acceptors (Lipinski definition) is 10. The SMILES string of the molecule is COc1ccc(C(NCC2(CO)O[C@@H](n3cc(C)c(=O)[nH]c3=O)CC2OP(OCCC#N)N(C(C)C)C(C)C)(c2ccccc2)c2ccccc2)cc1. The smallest absolute Gasteiger partial charge is 0.330 e. The van der Waals surface area contributed by atoms with Crippen molar-refractivity contribution in [1.29, 1.82) is 5.26 Å². The van der Waals surface area contributed by atoms with Gasteiger partial charge in [-0.1, -0.05) is 72.8 Å². The summed E-state index contributed by atoms with van der Waals surface area (Å²) in [5.41, 5.74) is -0.361. The summed E-state index contributed by atoms with van der Waals surface area (Å²) in [5.74, 6) is 0.706. The number of hydrogen-bond donors (Lipinski definition) is 3. The molecular formula is C40H50N5O7P. The summed E-state index contributed by atoms with van der Waals surface area (Å²) in [4.78, 5) is 28.0. The summed E-state index contributed by atoms with van der Waals surface area (Å²) in [6.07, 6.45) is 0.0957. The number of nitrogens with zero attached hydrogens (tertiary/aromatic N) is 3. The van der Waals surface area contributed by atoms with Crippen LogP contribution in [0.15, 0.2) is 101 Å². The molecule has 5 rings (SSSR count). The second kappa shape index (κ2) is 17.8. The van der Waals surface area contributed by atoms with E-state index in [0.717, 1.165) is 16.7 Å². The minimum Gasteiger partial charge on any atom is -0.497 e. The lowest BCUT2D eigenvalue weighted by molar-refractivity contribution is -0.124. The molecule has 0 amide bonds. The number of aliphatic hydroxyl groups is 1. The van der Waals surface area contributed by atoms with Crippen LogP contribution >= 0.6 is 8.53 Å². The fourth-order valence-corrected chi connectivity index (χ4v) is 8.76. The van der Waals surface area contributed by atoms with Crippen LogP contribution in [0.1, 0.15) is 69.0 Å². The summed E-state index contributed by atoms with van der Waals surface area (Å²) in [7, 11) is -0.142. The molecule has 0 radical (unpaired) electrons. The third-order valence-electron chi connectivity index (χ3n) is 9.57. The molecule has 13 heteroatoms. The summed E-state index contributed by atoms with van der Waals surface area (Å²) in [6, 6.07) is 30.1. The maximum atomic E-state index is 13.2. The van der Waals surface area contributed by atoms with E-state index >= 15 is 0 Å². The van der Waals surface area contributed by atoms with Crippen molar-refractivity contribution >= 4 is 8.53 Å². The van der Waals surface area contributed by atoms with Crippen molar-refractivity contribution in [3.05, 3.63) is 134 Å². The molecule has 0 bridgehead atoms. The van der Waals surface area contributed by atoms with Gasteiger partial charge in [0.25, 0.3) is 14.1 Å². The molecule has 12 nitrogen and oxygen atoms in total. The van der Waals surface area contributed by atoms with Crippen LogP contribution in [0.4, 0.5) is 0 Å². The lowest BCUT2D eigenvalue weighted by atomic mass is 9.76. The Morgan fingerprint density at radius 1 is 1.02 bits per heavy atom. The first-order valence-electron chi connectivity index (χ1n) is 17.9. The molecule has 1 fully saturated rings. The highest BCUT2D eigenvalue weighted by Gasteiger charge is 2.53. The number of aromatic nitrogens is 2. The molecule has 2 heterocycles. The van der Waals surface area contributed by atoms with E-state index in [1.807, 2.05) is 88.4 Å². The molecule has 3 unspecified atom stereocenters. The van der Waals surface area contributed by atoms with Crippen LogP contribution in [0, 0.1) is 18.3 Å². The number of aliphatic hydroxyl groups excluding tert-OH is 1. The quantitative estimate of drug-likeness (QED) is 0.0694. The topological polar surface area (TPSA) is 151 Å². The minimum absolute atomic E-state index is 0.0197. The molecule has 1 aliphatic heterocycles. The maximum Gasteiger partial charge on any atom is 0.330 e. The van der Waals surface area contributed by atoms with Crippen molar-refractivity contribution in [2.24, 2.45) is 0 Å². The molecule has 0 saturated carbocycles. The molecule has 0 aliphatic carbocycles. The molecule has 1 aliphatic rings. The van der Waals surface area contributed by atoms with Gasteiger partial charge < -0.3 is 23.6 Å². The van der Waals surface area contributed by atoms with Crippen molar-refractivity contribution in [3.63, 3.8) is 0 Å². The number of benzene rings is 3. The fourth-order valence-electron chi connectivity index (χ4n) is 6.96.